The number of rotatable bonds is 6. The van der Waals surface area contributed by atoms with Gasteiger partial charge in [-0.2, -0.15) is 5.10 Å². The molecule has 0 aromatic carbocycles. The average Bonchev–Trinajstić information content (AvgIpc) is 3.32. The molecule has 2 aromatic heterocycles. The second-order valence-corrected chi connectivity index (χ2v) is 10.7. The van der Waals surface area contributed by atoms with E-state index >= 15 is 0 Å². The van der Waals surface area contributed by atoms with E-state index in [1.807, 2.05) is 30.7 Å². The Hall–Kier alpha value is -3.17. The Morgan fingerprint density at radius 2 is 2.03 bits per heavy atom. The largest absolute Gasteiger partial charge is 0.351 e. The molecular formula is C28H37N7O2. The highest BCUT2D eigenvalue weighted by molar-refractivity contribution is 6.07. The summed E-state index contributed by atoms with van der Waals surface area (Å²) >= 11 is 0. The van der Waals surface area contributed by atoms with E-state index in [4.69, 9.17) is 4.98 Å². The molecule has 37 heavy (non-hydrogen) atoms. The number of fused-ring (bicyclic) bond motifs is 1. The topological polar surface area (TPSA) is 105 Å². The molecule has 0 aliphatic carbocycles. The first-order valence-corrected chi connectivity index (χ1v) is 13.4. The van der Waals surface area contributed by atoms with Gasteiger partial charge in [0.15, 0.2) is 5.65 Å². The number of aliphatic imine (C=N–C) groups is 1. The molecule has 196 valence electrons. The number of dihydropyridines is 1. The second-order valence-electron chi connectivity index (χ2n) is 10.7. The van der Waals surface area contributed by atoms with Crippen LogP contribution in [-0.2, 0) is 4.79 Å². The quantitative estimate of drug-likeness (QED) is 0.628. The summed E-state index contributed by atoms with van der Waals surface area (Å²) in [6.45, 7) is 12.1. The van der Waals surface area contributed by atoms with Crippen molar-refractivity contribution in [1.29, 1.82) is 0 Å². The number of pyridine rings is 1. The smallest absolute Gasteiger partial charge is 0.254 e. The molecule has 3 aliphatic heterocycles. The highest BCUT2D eigenvalue weighted by Gasteiger charge is 2.27. The summed E-state index contributed by atoms with van der Waals surface area (Å²) in [5.41, 5.74) is 4.86. The van der Waals surface area contributed by atoms with Crippen molar-refractivity contribution < 1.29 is 9.59 Å². The lowest BCUT2D eigenvalue weighted by atomic mass is 9.95. The molecule has 1 saturated heterocycles. The molecule has 1 fully saturated rings. The minimum Gasteiger partial charge on any atom is -0.351 e. The fourth-order valence-corrected chi connectivity index (χ4v) is 5.62. The predicted molar refractivity (Wildman–Crippen MR) is 146 cm³/mol. The van der Waals surface area contributed by atoms with Crippen LogP contribution in [0.5, 0.6) is 0 Å². The zero-order valence-electron chi connectivity index (χ0n) is 22.3. The minimum absolute atomic E-state index is 0.112. The van der Waals surface area contributed by atoms with Gasteiger partial charge in [0, 0.05) is 37.4 Å². The van der Waals surface area contributed by atoms with Crippen molar-refractivity contribution in [3.05, 3.63) is 41.2 Å². The van der Waals surface area contributed by atoms with E-state index in [0.29, 0.717) is 23.0 Å². The van der Waals surface area contributed by atoms with Gasteiger partial charge in [-0.05, 0) is 77.8 Å². The molecule has 1 atom stereocenters. The van der Waals surface area contributed by atoms with Gasteiger partial charge in [0.05, 0.1) is 28.8 Å². The standard InChI is InChI=1S/C28H37N7O2/c1-17(2)35-26-24(16-31-35)22(27(36)30-15-23-18(3)13-19(4)32-28(23)37)14-25(33-26)20-7-11-34(12-8-20)21-5-9-29-10-6-21/h7,13-14,16-17,21,23,29H,5-6,8-12,15H2,1-4H3,(H,30,36). The van der Waals surface area contributed by atoms with Gasteiger partial charge in [0.25, 0.3) is 11.8 Å². The Bertz CT molecular complexity index is 1300. The van der Waals surface area contributed by atoms with Crippen molar-refractivity contribution >= 4 is 34.1 Å². The van der Waals surface area contributed by atoms with Crippen molar-refractivity contribution in [2.75, 3.05) is 32.7 Å². The molecule has 9 nitrogen and oxygen atoms in total. The SMILES string of the molecule is CC1=CC(C)=NC(=O)C1CNC(=O)c1cc(C2=CCN(C3CCNCC3)CC2)nc2c1cnn2C(C)C. The Morgan fingerprint density at radius 3 is 2.70 bits per heavy atom. The number of piperidine rings is 1. The van der Waals surface area contributed by atoms with E-state index in [0.717, 1.165) is 49.3 Å². The number of nitrogens with zero attached hydrogens (tertiary/aromatic N) is 5. The maximum Gasteiger partial charge on any atom is 0.254 e. The maximum absolute atomic E-state index is 13.5. The lowest BCUT2D eigenvalue weighted by Gasteiger charge is -2.36. The first kappa shape index (κ1) is 25.5. The summed E-state index contributed by atoms with van der Waals surface area (Å²) in [6.07, 6.45) is 9.17. The summed E-state index contributed by atoms with van der Waals surface area (Å²) < 4.78 is 1.87. The lowest BCUT2D eigenvalue weighted by Crippen LogP contribution is -2.44. The van der Waals surface area contributed by atoms with Crippen LogP contribution in [0.15, 0.2) is 35.0 Å². The summed E-state index contributed by atoms with van der Waals surface area (Å²) in [7, 11) is 0. The van der Waals surface area contributed by atoms with Crippen LogP contribution in [-0.4, -0.2) is 76.0 Å². The molecule has 0 bridgehead atoms. The molecule has 3 aliphatic rings. The molecular weight excluding hydrogens is 466 g/mol. The van der Waals surface area contributed by atoms with Crippen molar-refractivity contribution in [3.8, 4) is 0 Å². The molecule has 1 unspecified atom stereocenters. The first-order chi connectivity index (χ1) is 17.8. The molecule has 0 saturated carbocycles. The van der Waals surface area contributed by atoms with Crippen LogP contribution in [0.3, 0.4) is 0 Å². The van der Waals surface area contributed by atoms with Gasteiger partial charge in [0.2, 0.25) is 0 Å². The Labute approximate surface area is 218 Å². The lowest BCUT2D eigenvalue weighted by molar-refractivity contribution is -0.120. The third-order valence-electron chi connectivity index (χ3n) is 7.73. The van der Waals surface area contributed by atoms with Crippen molar-refractivity contribution in [2.45, 2.75) is 59.0 Å². The van der Waals surface area contributed by atoms with E-state index < -0.39 is 5.92 Å². The van der Waals surface area contributed by atoms with Crippen molar-refractivity contribution in [3.63, 3.8) is 0 Å². The number of hydrogen-bond donors (Lipinski definition) is 2. The highest BCUT2D eigenvalue weighted by Crippen LogP contribution is 2.29. The first-order valence-electron chi connectivity index (χ1n) is 13.4. The normalized spacial score (nSPS) is 21.7. The monoisotopic (exact) mass is 503 g/mol. The second kappa shape index (κ2) is 10.7. The van der Waals surface area contributed by atoms with Crippen LogP contribution in [0, 0.1) is 5.92 Å². The van der Waals surface area contributed by atoms with Gasteiger partial charge in [-0.15, -0.1) is 0 Å². The maximum atomic E-state index is 13.5. The molecule has 2 amide bonds. The van der Waals surface area contributed by atoms with E-state index in [1.54, 1.807) is 6.20 Å². The molecule has 9 heteroatoms. The highest BCUT2D eigenvalue weighted by atomic mass is 16.2. The number of allylic oxidation sites excluding steroid dienone is 1. The Kier molecular flexibility index (Phi) is 7.35. The van der Waals surface area contributed by atoms with Gasteiger partial charge >= 0.3 is 0 Å². The number of nitrogens with one attached hydrogen (secondary N) is 2. The van der Waals surface area contributed by atoms with Crippen LogP contribution in [0.2, 0.25) is 0 Å². The Balaban J connectivity index is 1.41. The van der Waals surface area contributed by atoms with E-state index in [-0.39, 0.29) is 24.4 Å². The van der Waals surface area contributed by atoms with E-state index in [2.05, 4.69) is 45.5 Å². The molecule has 0 spiro atoms. The Morgan fingerprint density at radius 1 is 1.24 bits per heavy atom. The van der Waals surface area contributed by atoms with E-state index in [9.17, 15) is 9.59 Å². The van der Waals surface area contributed by atoms with Gasteiger partial charge in [-0.25, -0.2) is 14.7 Å². The zero-order chi connectivity index (χ0) is 26.1. The van der Waals surface area contributed by atoms with Gasteiger partial charge in [-0.1, -0.05) is 11.6 Å². The van der Waals surface area contributed by atoms with Crippen LogP contribution in [0.25, 0.3) is 16.6 Å². The van der Waals surface area contributed by atoms with Crippen LogP contribution in [0.1, 0.15) is 69.1 Å². The molecule has 2 N–H and O–H groups in total. The fourth-order valence-electron chi connectivity index (χ4n) is 5.62. The van der Waals surface area contributed by atoms with Crippen LogP contribution in [0.4, 0.5) is 0 Å². The summed E-state index contributed by atoms with van der Waals surface area (Å²) in [4.78, 5) is 37.5. The van der Waals surface area contributed by atoms with E-state index in [1.165, 1.54) is 18.4 Å². The van der Waals surface area contributed by atoms with Gasteiger partial charge in [-0.3, -0.25) is 14.5 Å². The average molecular weight is 504 g/mol. The van der Waals surface area contributed by atoms with Gasteiger partial charge < -0.3 is 10.6 Å². The molecule has 2 aromatic rings. The van der Waals surface area contributed by atoms with Crippen molar-refractivity contribution in [1.82, 2.24) is 30.3 Å². The number of aromatic nitrogens is 3. The third-order valence-corrected chi connectivity index (χ3v) is 7.73. The van der Waals surface area contributed by atoms with Crippen molar-refractivity contribution in [2.24, 2.45) is 10.9 Å². The number of amides is 2. The molecule has 5 rings (SSSR count). The summed E-state index contributed by atoms with van der Waals surface area (Å²) in [5.74, 6) is -0.877. The number of hydrogen-bond acceptors (Lipinski definition) is 6. The van der Waals surface area contributed by atoms with Crippen LogP contribution < -0.4 is 10.6 Å². The third kappa shape index (κ3) is 5.29. The van der Waals surface area contributed by atoms with Crippen LogP contribution >= 0.6 is 0 Å². The molecule has 5 heterocycles. The fraction of sp³-hybridized carbons (Fsp3) is 0.536. The summed E-state index contributed by atoms with van der Waals surface area (Å²) in [6, 6.07) is 2.64. The minimum atomic E-state index is -0.440. The van der Waals surface area contributed by atoms with Gasteiger partial charge in [0.1, 0.15) is 0 Å². The summed E-state index contributed by atoms with van der Waals surface area (Å²) in [5, 5.41) is 11.7. The predicted octanol–water partition coefficient (Wildman–Crippen LogP) is 3.15. The molecule has 0 radical (unpaired) electrons. The number of carbonyl (C=O) groups excluding carboxylic acids is 2. The zero-order valence-corrected chi connectivity index (χ0v) is 22.3. The number of carbonyl (C=O) groups is 2.